The van der Waals surface area contributed by atoms with Gasteiger partial charge in [0, 0.05) is 28.7 Å². The maximum absolute atomic E-state index is 12.3. The van der Waals surface area contributed by atoms with E-state index in [2.05, 4.69) is 15.9 Å². The molecule has 0 aromatic heterocycles. The molecule has 2 aromatic rings. The second-order valence-electron chi connectivity index (χ2n) is 6.28. The van der Waals surface area contributed by atoms with Crippen molar-refractivity contribution in [3.8, 4) is 0 Å². The van der Waals surface area contributed by atoms with Crippen LogP contribution in [0.4, 0.5) is 5.69 Å². The number of anilines is 1. The van der Waals surface area contributed by atoms with Crippen LogP contribution in [0.15, 0.2) is 53.0 Å². The highest BCUT2D eigenvalue weighted by atomic mass is 79.9. The number of nitrogens with zero attached hydrogens (tertiary/aromatic N) is 1. The molecular formula is C20H18BrNO4. The lowest BCUT2D eigenvalue weighted by Crippen LogP contribution is -2.27. The Balaban J connectivity index is 1.57. The molecule has 134 valence electrons. The standard InChI is InChI=1S/C20H18BrNO4/c1-13-2-4-14(5-3-13)18(23)12-26-20(25)15-10-19(24)22(11-15)17-8-6-16(21)7-9-17/h2-9,15H,10-12H2,1H3/t15-/m0/s1. The molecule has 1 aliphatic heterocycles. The zero-order valence-electron chi connectivity index (χ0n) is 14.3. The van der Waals surface area contributed by atoms with Crippen molar-refractivity contribution in [2.24, 2.45) is 5.92 Å². The van der Waals surface area contributed by atoms with Crippen LogP contribution in [-0.2, 0) is 14.3 Å². The number of halogens is 1. The molecule has 5 nitrogen and oxygen atoms in total. The maximum atomic E-state index is 12.3. The summed E-state index contributed by atoms with van der Waals surface area (Å²) in [5.41, 5.74) is 2.29. The molecule has 1 amide bonds. The van der Waals surface area contributed by atoms with E-state index in [0.717, 1.165) is 15.7 Å². The first-order valence-electron chi connectivity index (χ1n) is 8.26. The van der Waals surface area contributed by atoms with Gasteiger partial charge in [-0.25, -0.2) is 0 Å². The third-order valence-electron chi connectivity index (χ3n) is 4.32. The summed E-state index contributed by atoms with van der Waals surface area (Å²) in [6.45, 7) is 1.88. The van der Waals surface area contributed by atoms with Gasteiger partial charge in [-0.15, -0.1) is 0 Å². The number of Topliss-reactive ketones (excluding diaryl/α,β-unsaturated/α-hetero) is 1. The fourth-order valence-corrected chi connectivity index (χ4v) is 3.08. The third-order valence-corrected chi connectivity index (χ3v) is 4.84. The van der Waals surface area contributed by atoms with Crippen LogP contribution in [0.3, 0.4) is 0 Å². The largest absolute Gasteiger partial charge is 0.457 e. The smallest absolute Gasteiger partial charge is 0.311 e. The Morgan fingerprint density at radius 2 is 1.77 bits per heavy atom. The molecule has 1 heterocycles. The van der Waals surface area contributed by atoms with Gasteiger partial charge in [-0.3, -0.25) is 14.4 Å². The van der Waals surface area contributed by atoms with Gasteiger partial charge in [0.15, 0.2) is 12.4 Å². The van der Waals surface area contributed by atoms with E-state index in [9.17, 15) is 14.4 Å². The van der Waals surface area contributed by atoms with E-state index in [-0.39, 0.29) is 31.3 Å². The van der Waals surface area contributed by atoms with Crippen molar-refractivity contribution in [1.82, 2.24) is 0 Å². The number of ether oxygens (including phenoxy) is 1. The fraction of sp³-hybridized carbons (Fsp3) is 0.250. The van der Waals surface area contributed by atoms with E-state index in [4.69, 9.17) is 4.74 Å². The molecule has 1 atom stereocenters. The van der Waals surface area contributed by atoms with Crippen molar-refractivity contribution in [2.75, 3.05) is 18.1 Å². The molecule has 0 radical (unpaired) electrons. The van der Waals surface area contributed by atoms with Gasteiger partial charge in [-0.2, -0.15) is 0 Å². The Labute approximate surface area is 160 Å². The van der Waals surface area contributed by atoms with Gasteiger partial charge in [0.2, 0.25) is 5.91 Å². The first-order chi connectivity index (χ1) is 12.4. The molecule has 1 fully saturated rings. The number of ketones is 1. The van der Waals surface area contributed by atoms with Crippen molar-refractivity contribution in [3.05, 3.63) is 64.1 Å². The molecule has 0 spiro atoms. The fourth-order valence-electron chi connectivity index (χ4n) is 2.81. The minimum Gasteiger partial charge on any atom is -0.457 e. The van der Waals surface area contributed by atoms with E-state index in [0.29, 0.717) is 5.56 Å². The molecule has 1 aliphatic rings. The summed E-state index contributed by atoms with van der Waals surface area (Å²) in [5, 5.41) is 0. The second-order valence-corrected chi connectivity index (χ2v) is 7.19. The molecule has 26 heavy (non-hydrogen) atoms. The van der Waals surface area contributed by atoms with E-state index < -0.39 is 11.9 Å². The van der Waals surface area contributed by atoms with Crippen LogP contribution in [-0.4, -0.2) is 30.8 Å². The zero-order valence-corrected chi connectivity index (χ0v) is 15.9. The molecule has 0 saturated carbocycles. The number of benzene rings is 2. The molecular weight excluding hydrogens is 398 g/mol. The van der Waals surface area contributed by atoms with E-state index in [1.54, 1.807) is 17.0 Å². The van der Waals surface area contributed by atoms with Gasteiger partial charge < -0.3 is 9.64 Å². The molecule has 0 bridgehead atoms. The topological polar surface area (TPSA) is 63.7 Å². The van der Waals surface area contributed by atoms with Gasteiger partial charge in [0.1, 0.15) is 0 Å². The predicted octanol–water partition coefficient (Wildman–Crippen LogP) is 3.54. The number of esters is 1. The van der Waals surface area contributed by atoms with E-state index >= 15 is 0 Å². The monoisotopic (exact) mass is 415 g/mol. The highest BCUT2D eigenvalue weighted by Gasteiger charge is 2.36. The van der Waals surface area contributed by atoms with Crippen molar-refractivity contribution < 1.29 is 19.1 Å². The highest BCUT2D eigenvalue weighted by molar-refractivity contribution is 9.10. The minimum atomic E-state index is -0.558. The van der Waals surface area contributed by atoms with Crippen molar-refractivity contribution >= 4 is 39.3 Å². The van der Waals surface area contributed by atoms with Gasteiger partial charge in [0.25, 0.3) is 0 Å². The number of rotatable bonds is 5. The molecule has 6 heteroatoms. The number of hydrogen-bond acceptors (Lipinski definition) is 4. The Kier molecular flexibility index (Phi) is 5.52. The van der Waals surface area contributed by atoms with Crippen molar-refractivity contribution in [2.45, 2.75) is 13.3 Å². The van der Waals surface area contributed by atoms with Gasteiger partial charge >= 0.3 is 5.97 Å². The zero-order chi connectivity index (χ0) is 18.7. The molecule has 0 aliphatic carbocycles. The summed E-state index contributed by atoms with van der Waals surface area (Å²) in [6, 6.07) is 14.4. The number of amides is 1. The summed E-state index contributed by atoms with van der Waals surface area (Å²) in [4.78, 5) is 38.1. The average molecular weight is 416 g/mol. The number of aryl methyl sites for hydroxylation is 1. The van der Waals surface area contributed by atoms with Crippen LogP contribution in [0.1, 0.15) is 22.3 Å². The Hall–Kier alpha value is -2.47. The Morgan fingerprint density at radius 1 is 1.12 bits per heavy atom. The molecule has 3 rings (SSSR count). The summed E-state index contributed by atoms with van der Waals surface area (Å²) in [5.74, 6) is -1.46. The summed E-state index contributed by atoms with van der Waals surface area (Å²) in [6.07, 6.45) is 0.0909. The van der Waals surface area contributed by atoms with Crippen LogP contribution in [0.25, 0.3) is 0 Å². The Bertz CT molecular complexity index is 830. The lowest BCUT2D eigenvalue weighted by Gasteiger charge is -2.16. The first-order valence-corrected chi connectivity index (χ1v) is 9.06. The minimum absolute atomic E-state index is 0.0909. The predicted molar refractivity (Wildman–Crippen MR) is 101 cm³/mol. The first kappa shape index (κ1) is 18.3. The Morgan fingerprint density at radius 3 is 2.42 bits per heavy atom. The van der Waals surface area contributed by atoms with Gasteiger partial charge in [-0.1, -0.05) is 45.8 Å². The maximum Gasteiger partial charge on any atom is 0.311 e. The third kappa shape index (κ3) is 4.19. The van der Waals surface area contributed by atoms with Gasteiger partial charge in [-0.05, 0) is 31.2 Å². The average Bonchev–Trinajstić information content (AvgIpc) is 3.02. The van der Waals surface area contributed by atoms with E-state index in [1.807, 2.05) is 43.3 Å². The summed E-state index contributed by atoms with van der Waals surface area (Å²) < 4.78 is 6.06. The number of carbonyl (C=O) groups is 3. The van der Waals surface area contributed by atoms with Crippen LogP contribution >= 0.6 is 15.9 Å². The number of hydrogen-bond donors (Lipinski definition) is 0. The number of carbonyl (C=O) groups excluding carboxylic acids is 3. The normalized spacial score (nSPS) is 16.6. The van der Waals surface area contributed by atoms with Crippen LogP contribution in [0.5, 0.6) is 0 Å². The van der Waals surface area contributed by atoms with Crippen molar-refractivity contribution in [1.29, 1.82) is 0 Å². The van der Waals surface area contributed by atoms with Crippen molar-refractivity contribution in [3.63, 3.8) is 0 Å². The van der Waals surface area contributed by atoms with Crippen LogP contribution in [0, 0.1) is 12.8 Å². The molecule has 2 aromatic carbocycles. The van der Waals surface area contributed by atoms with Crippen LogP contribution < -0.4 is 4.90 Å². The van der Waals surface area contributed by atoms with Gasteiger partial charge in [0.05, 0.1) is 5.92 Å². The lowest BCUT2D eigenvalue weighted by atomic mass is 10.1. The second kappa shape index (κ2) is 7.83. The lowest BCUT2D eigenvalue weighted by molar-refractivity contribution is -0.147. The van der Waals surface area contributed by atoms with E-state index in [1.165, 1.54) is 0 Å². The highest BCUT2D eigenvalue weighted by Crippen LogP contribution is 2.27. The summed E-state index contributed by atoms with van der Waals surface area (Å²) >= 11 is 3.35. The molecule has 0 N–H and O–H groups in total. The summed E-state index contributed by atoms with van der Waals surface area (Å²) in [7, 11) is 0. The van der Waals surface area contributed by atoms with Crippen LogP contribution in [0.2, 0.25) is 0 Å². The SMILES string of the molecule is Cc1ccc(C(=O)COC(=O)[C@H]2CC(=O)N(c3ccc(Br)cc3)C2)cc1. The molecule has 0 unspecified atom stereocenters. The molecule has 1 saturated heterocycles. The quantitative estimate of drug-likeness (QED) is 0.553.